The normalized spacial score (nSPS) is 11.1. The summed E-state index contributed by atoms with van der Waals surface area (Å²) in [6, 6.07) is 30.7. The molecule has 0 saturated heterocycles. The molecule has 0 saturated carbocycles. The number of hydrogen-bond acceptors (Lipinski definition) is 7. The quantitative estimate of drug-likeness (QED) is 0.138. The number of hydrogen-bond donors (Lipinski definition) is 1. The van der Waals surface area contributed by atoms with Crippen molar-refractivity contribution in [3.63, 3.8) is 0 Å². The van der Waals surface area contributed by atoms with Crippen LogP contribution in [0.1, 0.15) is 23.8 Å². The monoisotopic (exact) mass is 574 g/mol. The maximum atomic E-state index is 13.2. The maximum absolute atomic E-state index is 13.2. The van der Waals surface area contributed by atoms with E-state index in [0.717, 1.165) is 22.4 Å². The van der Waals surface area contributed by atoms with Crippen LogP contribution in [0.15, 0.2) is 107 Å². The molecule has 0 aliphatic rings. The van der Waals surface area contributed by atoms with E-state index in [1.807, 2.05) is 77.4 Å². The van der Waals surface area contributed by atoms with E-state index in [1.165, 1.54) is 0 Å². The Balaban J connectivity index is 1.49. The molecule has 3 aromatic carbocycles. The molecule has 0 atom stereocenters. The number of rotatable bonds is 11. The van der Waals surface area contributed by atoms with E-state index in [4.69, 9.17) is 18.7 Å². The second kappa shape index (κ2) is 13.3. The number of amides is 1. The third-order valence-corrected chi connectivity index (χ3v) is 6.84. The predicted molar refractivity (Wildman–Crippen MR) is 164 cm³/mol. The minimum atomic E-state index is -0.474. The standard InChI is InChI=1S/C34H30N4O5/c1-23(26-16-17-29(40-2)30(19-26)41-3)37-43-22-31(39)36-34-28(20-35)32(24-11-6-4-7-12-24)33(25-13-8-5-9-14-25)38(34)21-27-15-10-18-42-27/h4-19H,21-22H2,1-3H3,(H,36,39)/b37-23-. The van der Waals surface area contributed by atoms with Crippen LogP contribution in [0.4, 0.5) is 5.82 Å². The number of nitriles is 1. The Labute approximate surface area is 249 Å². The van der Waals surface area contributed by atoms with E-state index < -0.39 is 5.91 Å². The topological polar surface area (TPSA) is 111 Å². The molecule has 5 rings (SSSR count). The second-order valence-corrected chi connectivity index (χ2v) is 9.52. The zero-order valence-corrected chi connectivity index (χ0v) is 24.0. The summed E-state index contributed by atoms with van der Waals surface area (Å²) in [7, 11) is 3.12. The second-order valence-electron chi connectivity index (χ2n) is 9.52. The minimum Gasteiger partial charge on any atom is -0.493 e. The average molecular weight is 575 g/mol. The average Bonchev–Trinajstić information content (AvgIpc) is 3.67. The summed E-state index contributed by atoms with van der Waals surface area (Å²) < 4.78 is 18.2. The van der Waals surface area contributed by atoms with Gasteiger partial charge in [-0.05, 0) is 48.4 Å². The molecule has 5 aromatic rings. The van der Waals surface area contributed by atoms with Crippen LogP contribution in [0.25, 0.3) is 22.4 Å². The third-order valence-electron chi connectivity index (χ3n) is 6.84. The van der Waals surface area contributed by atoms with Crippen molar-refractivity contribution in [3.8, 4) is 40.0 Å². The van der Waals surface area contributed by atoms with Crippen LogP contribution in [0, 0.1) is 11.3 Å². The first-order valence-electron chi connectivity index (χ1n) is 13.5. The summed E-state index contributed by atoms with van der Waals surface area (Å²) in [6.07, 6.45) is 1.59. The van der Waals surface area contributed by atoms with Crippen molar-refractivity contribution in [2.75, 3.05) is 26.1 Å². The molecule has 9 heteroatoms. The van der Waals surface area contributed by atoms with Gasteiger partial charge in [-0.1, -0.05) is 65.8 Å². The van der Waals surface area contributed by atoms with Crippen molar-refractivity contribution in [1.82, 2.24) is 4.57 Å². The molecular weight excluding hydrogens is 544 g/mol. The lowest BCUT2D eigenvalue weighted by Gasteiger charge is -2.14. The molecule has 0 aliphatic heterocycles. The fourth-order valence-corrected chi connectivity index (χ4v) is 4.83. The third kappa shape index (κ3) is 6.29. The number of carbonyl (C=O) groups is 1. The number of anilines is 1. The number of methoxy groups -OCH3 is 2. The number of carbonyl (C=O) groups excluding carboxylic acids is 1. The molecule has 0 unspecified atom stereocenters. The van der Waals surface area contributed by atoms with Crippen molar-refractivity contribution in [2.24, 2.45) is 5.16 Å². The molecule has 0 bridgehead atoms. The highest BCUT2D eigenvalue weighted by molar-refractivity contribution is 6.00. The first kappa shape index (κ1) is 28.8. The van der Waals surface area contributed by atoms with Gasteiger partial charge in [-0.15, -0.1) is 0 Å². The summed E-state index contributed by atoms with van der Waals surface area (Å²) in [5.74, 6) is 1.67. The van der Waals surface area contributed by atoms with Gasteiger partial charge in [-0.3, -0.25) is 4.79 Å². The van der Waals surface area contributed by atoms with Gasteiger partial charge in [0.15, 0.2) is 18.1 Å². The van der Waals surface area contributed by atoms with Gasteiger partial charge in [0.1, 0.15) is 23.2 Å². The molecule has 0 aliphatic carbocycles. The Morgan fingerprint density at radius 1 is 0.930 bits per heavy atom. The van der Waals surface area contributed by atoms with Crippen molar-refractivity contribution in [3.05, 3.63) is 114 Å². The fourth-order valence-electron chi connectivity index (χ4n) is 4.83. The van der Waals surface area contributed by atoms with Gasteiger partial charge < -0.3 is 28.6 Å². The van der Waals surface area contributed by atoms with Gasteiger partial charge >= 0.3 is 0 Å². The zero-order chi connectivity index (χ0) is 30.2. The molecule has 1 amide bonds. The van der Waals surface area contributed by atoms with Crippen molar-refractivity contribution in [1.29, 1.82) is 5.26 Å². The van der Waals surface area contributed by atoms with Gasteiger partial charge in [0.25, 0.3) is 5.91 Å². The van der Waals surface area contributed by atoms with Crippen LogP contribution < -0.4 is 14.8 Å². The highest BCUT2D eigenvalue weighted by Gasteiger charge is 2.27. The molecule has 0 fully saturated rings. The molecular formula is C34H30N4O5. The Kier molecular flexibility index (Phi) is 8.88. The molecule has 216 valence electrons. The van der Waals surface area contributed by atoms with Crippen LogP contribution in [0.3, 0.4) is 0 Å². The highest BCUT2D eigenvalue weighted by atomic mass is 16.6. The number of nitrogens with zero attached hydrogens (tertiary/aromatic N) is 3. The van der Waals surface area contributed by atoms with Gasteiger partial charge in [0, 0.05) is 11.1 Å². The van der Waals surface area contributed by atoms with Crippen LogP contribution in [0.2, 0.25) is 0 Å². The molecule has 1 N–H and O–H groups in total. The number of furan rings is 1. The number of nitrogens with one attached hydrogen (secondary N) is 1. The van der Waals surface area contributed by atoms with E-state index in [2.05, 4.69) is 16.5 Å². The summed E-state index contributed by atoms with van der Waals surface area (Å²) in [6.45, 7) is 1.67. The Morgan fingerprint density at radius 2 is 1.63 bits per heavy atom. The number of aromatic nitrogens is 1. The Hall–Kier alpha value is -5.75. The summed E-state index contributed by atoms with van der Waals surface area (Å²) in [5, 5.41) is 17.5. The smallest absolute Gasteiger partial charge is 0.266 e. The molecule has 43 heavy (non-hydrogen) atoms. The summed E-state index contributed by atoms with van der Waals surface area (Å²) in [5.41, 5.74) is 4.84. The van der Waals surface area contributed by atoms with Crippen LogP contribution in [-0.2, 0) is 16.2 Å². The molecule has 0 radical (unpaired) electrons. The Morgan fingerprint density at radius 3 is 2.26 bits per heavy atom. The lowest BCUT2D eigenvalue weighted by molar-refractivity contribution is -0.120. The van der Waals surface area contributed by atoms with Crippen molar-refractivity contribution >= 4 is 17.4 Å². The number of oxime groups is 1. The lowest BCUT2D eigenvalue weighted by atomic mass is 9.98. The van der Waals surface area contributed by atoms with Gasteiger partial charge in [-0.25, -0.2) is 0 Å². The summed E-state index contributed by atoms with van der Waals surface area (Å²) >= 11 is 0. The number of ether oxygens (including phenoxy) is 2. The SMILES string of the molecule is COc1ccc(/C(C)=N\OCC(=O)Nc2c(C#N)c(-c3ccccc3)c(-c3ccccc3)n2Cc2ccco2)cc1OC. The van der Waals surface area contributed by atoms with Crippen molar-refractivity contribution < 1.29 is 23.5 Å². The van der Waals surface area contributed by atoms with E-state index in [0.29, 0.717) is 39.9 Å². The maximum Gasteiger partial charge on any atom is 0.266 e. The molecule has 0 spiro atoms. The zero-order valence-electron chi connectivity index (χ0n) is 24.0. The van der Waals surface area contributed by atoms with Crippen LogP contribution in [-0.4, -0.2) is 37.0 Å². The predicted octanol–water partition coefficient (Wildman–Crippen LogP) is 6.73. The summed E-state index contributed by atoms with van der Waals surface area (Å²) in [4.78, 5) is 18.7. The first-order chi connectivity index (χ1) is 21.0. The van der Waals surface area contributed by atoms with Gasteiger partial charge in [0.2, 0.25) is 0 Å². The Bertz CT molecular complexity index is 1770. The van der Waals surface area contributed by atoms with Gasteiger partial charge in [-0.2, -0.15) is 5.26 Å². The number of benzene rings is 3. The largest absolute Gasteiger partial charge is 0.493 e. The van der Waals surface area contributed by atoms with Crippen LogP contribution >= 0.6 is 0 Å². The molecule has 2 heterocycles. The van der Waals surface area contributed by atoms with E-state index in [1.54, 1.807) is 45.6 Å². The fraction of sp³-hybridized carbons (Fsp3) is 0.147. The van der Waals surface area contributed by atoms with E-state index in [-0.39, 0.29) is 13.2 Å². The van der Waals surface area contributed by atoms with Gasteiger partial charge in [0.05, 0.1) is 38.4 Å². The molecule has 9 nitrogen and oxygen atoms in total. The minimum absolute atomic E-state index is 0.284. The van der Waals surface area contributed by atoms with Crippen molar-refractivity contribution in [2.45, 2.75) is 13.5 Å². The highest BCUT2D eigenvalue weighted by Crippen LogP contribution is 2.42. The first-order valence-corrected chi connectivity index (χ1v) is 13.5. The van der Waals surface area contributed by atoms with E-state index in [9.17, 15) is 10.1 Å². The van der Waals surface area contributed by atoms with E-state index >= 15 is 0 Å². The van der Waals surface area contributed by atoms with Crippen LogP contribution in [0.5, 0.6) is 11.5 Å². The lowest BCUT2D eigenvalue weighted by Crippen LogP contribution is -2.20. The molecule has 2 aromatic heterocycles.